The van der Waals surface area contributed by atoms with E-state index >= 15 is 0 Å². The molecule has 0 heterocycles. The minimum atomic E-state index is -1.17. The lowest BCUT2D eigenvalue weighted by Gasteiger charge is -2.72. The van der Waals surface area contributed by atoms with Crippen LogP contribution in [0.4, 0.5) is 0 Å². The van der Waals surface area contributed by atoms with Gasteiger partial charge in [-0.3, -0.25) is 14.4 Å². The third kappa shape index (κ3) is 5.94. The maximum absolute atomic E-state index is 14.5. The monoisotopic (exact) mass is 697 g/mol. The number of hydrogen-bond acceptors (Lipinski definition) is 5. The van der Waals surface area contributed by atoms with Gasteiger partial charge in [-0.15, -0.1) is 0 Å². The lowest BCUT2D eigenvalue weighted by molar-refractivity contribution is -0.249. The molecule has 3 N–H and O–H groups in total. The van der Waals surface area contributed by atoms with Crippen molar-refractivity contribution < 1.29 is 34.1 Å². The Balaban J connectivity index is 1.42. The molecule has 1 amide bonds. The molecule has 0 bridgehead atoms. The molecular weight excluding hydrogens is 630 g/mol. The number of allylic oxidation sites excluding steroid dienone is 1. The Bertz CT molecular complexity index is 1400. The first-order chi connectivity index (χ1) is 23.0. The highest BCUT2D eigenvalue weighted by molar-refractivity contribution is 5.88. The van der Waals surface area contributed by atoms with Crippen LogP contribution in [0.2, 0.25) is 0 Å². The number of ether oxygens (including phenoxy) is 1. The second kappa shape index (κ2) is 12.9. The molecule has 0 aromatic heterocycles. The second-order valence-corrected chi connectivity index (χ2v) is 20.0. The average molecular weight is 698 g/mol. The van der Waals surface area contributed by atoms with Gasteiger partial charge in [0.25, 0.3) is 0 Å². The van der Waals surface area contributed by atoms with Gasteiger partial charge in [0.1, 0.15) is 12.1 Å². The molecule has 0 radical (unpaired) electrons. The normalized spacial score (nSPS) is 41.1. The number of carbonyl (C=O) groups is 4. The average Bonchev–Trinajstić information content (AvgIpc) is 3.39. The number of hydrogen-bond donors (Lipinski definition) is 3. The molecule has 5 saturated carbocycles. The summed E-state index contributed by atoms with van der Waals surface area (Å²) in [7, 11) is 0. The van der Waals surface area contributed by atoms with E-state index < -0.39 is 34.8 Å². The maximum atomic E-state index is 14.5. The van der Waals surface area contributed by atoms with E-state index in [-0.39, 0.29) is 57.8 Å². The van der Waals surface area contributed by atoms with Gasteiger partial charge in [0.15, 0.2) is 0 Å². The first-order valence-corrected chi connectivity index (χ1v) is 19.6. The van der Waals surface area contributed by atoms with Crippen molar-refractivity contribution in [3.8, 4) is 0 Å². The van der Waals surface area contributed by atoms with E-state index in [1.165, 1.54) is 0 Å². The minimum absolute atomic E-state index is 0.0242. The first-order valence-electron chi connectivity index (χ1n) is 19.6. The molecule has 0 saturated heterocycles. The lowest BCUT2D eigenvalue weighted by atomic mass is 9.32. The summed E-state index contributed by atoms with van der Waals surface area (Å²) in [5.74, 6) is -0.658. The van der Waals surface area contributed by atoms with Gasteiger partial charge in [-0.05, 0) is 143 Å². The molecule has 0 aromatic rings. The molecule has 0 spiro atoms. The van der Waals surface area contributed by atoms with Crippen molar-refractivity contribution in [3.05, 3.63) is 12.2 Å². The Morgan fingerprint density at radius 3 is 2.10 bits per heavy atom. The fraction of sp³-hybridized carbons (Fsp3) is 0.857. The van der Waals surface area contributed by atoms with Crippen molar-refractivity contribution in [1.29, 1.82) is 0 Å². The number of nitrogens with one attached hydrogen (secondary N) is 1. The molecule has 5 rings (SSSR count). The molecule has 8 heteroatoms. The number of carbonyl (C=O) groups excluding carboxylic acids is 2. The van der Waals surface area contributed by atoms with E-state index in [0.717, 1.165) is 69.8 Å². The number of rotatable bonds is 10. The van der Waals surface area contributed by atoms with E-state index in [4.69, 9.17) is 4.74 Å². The maximum Gasteiger partial charge on any atom is 0.326 e. The van der Waals surface area contributed by atoms with Crippen LogP contribution < -0.4 is 5.32 Å². The van der Waals surface area contributed by atoms with Gasteiger partial charge < -0.3 is 20.3 Å². The summed E-state index contributed by atoms with van der Waals surface area (Å²) in [6, 6.07) is -0.875. The largest absolute Gasteiger partial charge is 0.481 e. The van der Waals surface area contributed by atoms with Crippen LogP contribution in [0.5, 0.6) is 0 Å². The predicted molar refractivity (Wildman–Crippen MR) is 194 cm³/mol. The molecule has 1 unspecified atom stereocenters. The summed E-state index contributed by atoms with van der Waals surface area (Å²) < 4.78 is 6.15. The zero-order valence-corrected chi connectivity index (χ0v) is 32.7. The fourth-order valence-electron chi connectivity index (χ4n) is 13.4. The summed E-state index contributed by atoms with van der Waals surface area (Å²) in [6.45, 7) is 25.8. The Labute approximate surface area is 301 Å². The van der Waals surface area contributed by atoms with Crippen molar-refractivity contribution >= 4 is 23.8 Å². The van der Waals surface area contributed by atoms with Crippen molar-refractivity contribution in [2.45, 2.75) is 158 Å². The molecule has 5 aliphatic carbocycles. The molecule has 0 aromatic carbocycles. The highest BCUT2D eigenvalue weighted by Gasteiger charge is 2.72. The summed E-state index contributed by atoms with van der Waals surface area (Å²) in [4.78, 5) is 51.5. The van der Waals surface area contributed by atoms with E-state index in [0.29, 0.717) is 24.2 Å². The van der Waals surface area contributed by atoms with Gasteiger partial charge in [0.2, 0.25) is 5.91 Å². The first kappa shape index (κ1) is 38.8. The fourth-order valence-corrected chi connectivity index (χ4v) is 13.4. The number of carboxylic acid groups (broad SMARTS) is 2. The van der Waals surface area contributed by atoms with Crippen LogP contribution in [-0.2, 0) is 23.9 Å². The minimum Gasteiger partial charge on any atom is -0.481 e. The van der Waals surface area contributed by atoms with Crippen molar-refractivity contribution in [3.63, 3.8) is 0 Å². The van der Waals surface area contributed by atoms with Gasteiger partial charge in [-0.2, -0.15) is 0 Å². The molecule has 8 nitrogen and oxygen atoms in total. The van der Waals surface area contributed by atoms with Crippen molar-refractivity contribution in [1.82, 2.24) is 5.32 Å². The molecule has 282 valence electrons. The van der Waals surface area contributed by atoms with Crippen LogP contribution in [0, 0.1) is 68.0 Å². The third-order valence-corrected chi connectivity index (χ3v) is 16.2. The van der Waals surface area contributed by atoms with Crippen LogP contribution in [0.15, 0.2) is 12.2 Å². The summed E-state index contributed by atoms with van der Waals surface area (Å²) in [5.41, 5.74) is -0.680. The molecular formula is C42H67NO7. The van der Waals surface area contributed by atoms with Gasteiger partial charge in [0, 0.05) is 5.41 Å². The molecule has 11 atom stereocenters. The van der Waals surface area contributed by atoms with Gasteiger partial charge >= 0.3 is 17.9 Å². The van der Waals surface area contributed by atoms with Gasteiger partial charge in [0.05, 0.1) is 17.3 Å². The Kier molecular flexibility index (Phi) is 10.0. The number of aliphatic carboxylic acids is 2. The van der Waals surface area contributed by atoms with Crippen LogP contribution in [0.3, 0.4) is 0 Å². The van der Waals surface area contributed by atoms with E-state index in [1.807, 2.05) is 13.8 Å². The predicted octanol–water partition coefficient (Wildman–Crippen LogP) is 8.67. The topological polar surface area (TPSA) is 130 Å². The molecule has 5 fully saturated rings. The van der Waals surface area contributed by atoms with Gasteiger partial charge in [-0.1, -0.05) is 60.6 Å². The molecule has 50 heavy (non-hydrogen) atoms. The number of fused-ring (bicyclic) bond motifs is 7. The highest BCUT2D eigenvalue weighted by atomic mass is 16.5. The van der Waals surface area contributed by atoms with Crippen LogP contribution in [0.1, 0.15) is 146 Å². The Morgan fingerprint density at radius 1 is 0.860 bits per heavy atom. The van der Waals surface area contributed by atoms with E-state index in [9.17, 15) is 29.4 Å². The third-order valence-electron chi connectivity index (χ3n) is 16.2. The van der Waals surface area contributed by atoms with Crippen LogP contribution in [-0.4, -0.2) is 46.2 Å². The van der Waals surface area contributed by atoms with E-state index in [1.54, 1.807) is 13.8 Å². The molecule has 0 aliphatic heterocycles. The highest BCUT2D eigenvalue weighted by Crippen LogP contribution is 2.77. The van der Waals surface area contributed by atoms with Crippen LogP contribution in [0.25, 0.3) is 0 Å². The van der Waals surface area contributed by atoms with Crippen molar-refractivity contribution in [2.24, 2.45) is 68.0 Å². The zero-order valence-electron chi connectivity index (χ0n) is 32.7. The van der Waals surface area contributed by atoms with Crippen molar-refractivity contribution in [2.75, 3.05) is 0 Å². The smallest absolute Gasteiger partial charge is 0.326 e. The lowest BCUT2D eigenvalue weighted by Crippen LogP contribution is -2.67. The SMILES string of the molecule is C=C(C)[C@@H]1CC[C@]2(C(=O)NC(CC(C)C)C(=O)O)CC[C@]3(C)[C@H](CC[C@@H]4[C@@]5(C)CC[C@H](OC(=O)CC(C)(C)C(=O)O)C(C)(C)[C@@H]5CC[C@]43C)[C@@H]12. The summed E-state index contributed by atoms with van der Waals surface area (Å²) in [5, 5.41) is 22.7. The quantitative estimate of drug-likeness (QED) is 0.154. The van der Waals surface area contributed by atoms with Crippen LogP contribution >= 0.6 is 0 Å². The van der Waals surface area contributed by atoms with E-state index in [2.05, 4.69) is 53.4 Å². The number of amides is 1. The summed E-state index contributed by atoms with van der Waals surface area (Å²) in [6.07, 6.45) is 9.53. The Hall–Kier alpha value is -2.38. The molecule has 5 aliphatic rings. The standard InChI is InChI=1S/C42H67NO7/c1-24(2)22-28(34(45)46)43-35(47)42-19-14-26(25(3)4)33(42)27-12-13-30-39(9)17-16-31(50-32(44)23-37(5,6)36(48)49)38(7,8)29(39)15-18-41(30,11)40(27,10)20-21-42/h24,26-31,33H,3,12-23H2,1-2,4-11H3,(H,43,47)(H,45,46)(H,48,49)/t26-,27+,28?,29-,30+,31-,33+,39-,40+,41+,42-/m0/s1. The Morgan fingerprint density at radius 2 is 1.52 bits per heavy atom. The number of carboxylic acids is 2. The summed E-state index contributed by atoms with van der Waals surface area (Å²) >= 11 is 0. The second-order valence-electron chi connectivity index (χ2n) is 20.0. The zero-order chi connectivity index (χ0) is 37.4. The van der Waals surface area contributed by atoms with Gasteiger partial charge in [-0.25, -0.2) is 4.79 Å². The number of esters is 1.